The van der Waals surface area contributed by atoms with Crippen molar-refractivity contribution in [2.24, 2.45) is 0 Å². The molecule has 614 valence electrons. The molecule has 0 N–H and O–H groups in total. The smallest absolute Gasteiger partial charge is 0.164 e. The zero-order valence-corrected chi connectivity index (χ0v) is 71.4. The van der Waals surface area contributed by atoms with Crippen molar-refractivity contribution >= 4 is 126 Å². The molecule has 0 bridgehead atoms. The molecule has 0 radical (unpaired) electrons. The molecule has 1 aliphatic carbocycles. The number of imidazole rings is 3. The highest BCUT2D eigenvalue weighted by Gasteiger charge is 2.25. The van der Waals surface area contributed by atoms with E-state index in [1.807, 2.05) is 78.9 Å². The minimum absolute atomic E-state index is 0.651. The van der Waals surface area contributed by atoms with Crippen LogP contribution in [0.1, 0.15) is 0 Å². The van der Waals surface area contributed by atoms with Crippen LogP contribution in [-0.2, 0) is 0 Å². The lowest BCUT2D eigenvalue weighted by atomic mass is 9.93. The van der Waals surface area contributed by atoms with E-state index in [0.29, 0.717) is 17.5 Å². The largest absolute Gasteiger partial charge is 0.309 e. The van der Waals surface area contributed by atoms with E-state index in [4.69, 9.17) is 29.9 Å². The third-order valence-corrected chi connectivity index (χ3v) is 26.5. The number of hydrogen-bond donors (Lipinski definition) is 0. The number of aromatic nitrogens is 10. The second-order valence-corrected chi connectivity index (χ2v) is 34.0. The average Bonchev–Trinajstić information content (AvgIpc) is 1.57. The number of rotatable bonds is 10. The van der Waals surface area contributed by atoms with Crippen molar-refractivity contribution < 1.29 is 0 Å². The van der Waals surface area contributed by atoms with Crippen LogP contribution in [0.25, 0.3) is 255 Å². The molecule has 0 aliphatic heterocycles. The van der Waals surface area contributed by atoms with Crippen molar-refractivity contribution in [2.75, 3.05) is 0 Å². The topological polar surface area (TPSA) is 95.5 Å². The van der Waals surface area contributed by atoms with Gasteiger partial charge in [-0.1, -0.05) is 309 Å². The van der Waals surface area contributed by atoms with E-state index < -0.39 is 0 Å². The van der Waals surface area contributed by atoms with E-state index in [2.05, 4.69) is 400 Å². The van der Waals surface area contributed by atoms with Gasteiger partial charge in [0.2, 0.25) is 0 Å². The predicted molar refractivity (Wildman–Crippen MR) is 547 cm³/mol. The monoisotopic (exact) mass is 1680 g/mol. The third-order valence-electron chi connectivity index (χ3n) is 26.5. The lowest BCUT2D eigenvalue weighted by molar-refractivity contribution is 1.08. The van der Waals surface area contributed by atoms with Crippen LogP contribution in [0.2, 0.25) is 0 Å². The lowest BCUT2D eigenvalue weighted by Gasteiger charge is -2.14. The molecule has 132 heavy (non-hydrogen) atoms. The molecule has 0 saturated heterocycles. The quantitative estimate of drug-likeness (QED) is 0.135. The van der Waals surface area contributed by atoms with Crippen LogP contribution < -0.4 is 0 Å². The van der Waals surface area contributed by atoms with Crippen LogP contribution in [0.15, 0.2) is 461 Å². The highest BCUT2D eigenvalue weighted by atomic mass is 15.0. The van der Waals surface area contributed by atoms with Crippen molar-refractivity contribution in [2.45, 2.75) is 0 Å². The average molecular weight is 1680 g/mol. The van der Waals surface area contributed by atoms with Crippen LogP contribution in [0.5, 0.6) is 0 Å². The summed E-state index contributed by atoms with van der Waals surface area (Å²) in [5.74, 6) is 1.96. The normalized spacial score (nSPS) is 11.8. The molecule has 0 amide bonds. The van der Waals surface area contributed by atoms with Crippen molar-refractivity contribution in [3.63, 3.8) is 0 Å². The van der Waals surface area contributed by atoms with Crippen molar-refractivity contribution in [3.05, 3.63) is 461 Å². The Labute approximate surface area is 758 Å². The van der Waals surface area contributed by atoms with E-state index in [0.717, 1.165) is 111 Å². The summed E-state index contributed by atoms with van der Waals surface area (Å²) in [6.45, 7) is 0. The zero-order valence-electron chi connectivity index (χ0n) is 71.4. The van der Waals surface area contributed by atoms with E-state index in [1.54, 1.807) is 0 Å². The Balaban J connectivity index is 0.000000104. The van der Waals surface area contributed by atoms with Gasteiger partial charge in [0.1, 0.15) is 16.9 Å². The summed E-state index contributed by atoms with van der Waals surface area (Å²) in [4.78, 5) is 29.3. The van der Waals surface area contributed by atoms with Gasteiger partial charge in [-0.25, -0.2) is 29.9 Å². The van der Waals surface area contributed by atoms with Crippen LogP contribution in [0.3, 0.4) is 0 Å². The number of benzene rings is 19. The molecule has 10 heteroatoms. The van der Waals surface area contributed by atoms with Gasteiger partial charge in [0.05, 0.1) is 60.7 Å². The summed E-state index contributed by atoms with van der Waals surface area (Å²) in [7, 11) is 0. The first-order valence-electron chi connectivity index (χ1n) is 44.8. The first-order valence-corrected chi connectivity index (χ1v) is 44.8. The third kappa shape index (κ3) is 12.8. The molecule has 0 atom stereocenters. The molecule has 27 aromatic rings. The Kier molecular flexibility index (Phi) is 17.7. The van der Waals surface area contributed by atoms with Crippen LogP contribution in [-0.4, -0.2) is 47.7 Å². The number of para-hydroxylation sites is 6. The van der Waals surface area contributed by atoms with Gasteiger partial charge in [-0.15, -0.1) is 0 Å². The molecule has 0 unspecified atom stereocenters. The highest BCUT2D eigenvalue weighted by molar-refractivity contribution is 6.19. The fourth-order valence-corrected chi connectivity index (χ4v) is 20.2. The van der Waals surface area contributed by atoms with Gasteiger partial charge >= 0.3 is 0 Å². The molecule has 1 aliphatic rings. The Bertz CT molecular complexity index is 9140. The van der Waals surface area contributed by atoms with Crippen LogP contribution in [0, 0.1) is 0 Å². The van der Waals surface area contributed by atoms with Gasteiger partial charge in [0.15, 0.2) is 17.5 Å². The molecule has 19 aromatic carbocycles. The summed E-state index contributed by atoms with van der Waals surface area (Å²) in [6.07, 6.45) is 0. The molecular formula is C122H76N10. The van der Waals surface area contributed by atoms with Gasteiger partial charge in [-0.3, -0.25) is 13.2 Å². The van der Waals surface area contributed by atoms with Crippen molar-refractivity contribution in [3.8, 4) is 129 Å². The second kappa shape index (κ2) is 31.0. The highest BCUT2D eigenvalue weighted by Crippen LogP contribution is 2.50. The molecule has 10 nitrogen and oxygen atoms in total. The number of fused-ring (bicyclic) bond motifs is 22. The zero-order chi connectivity index (χ0) is 86.9. The minimum atomic E-state index is 0.651. The molecule has 0 spiro atoms. The molecule has 8 heterocycles. The summed E-state index contributed by atoms with van der Waals surface area (Å²) in [5, 5.41) is 11.0. The minimum Gasteiger partial charge on any atom is -0.309 e. The van der Waals surface area contributed by atoms with Gasteiger partial charge in [0.25, 0.3) is 0 Å². The van der Waals surface area contributed by atoms with Gasteiger partial charge in [-0.05, 0) is 278 Å². The summed E-state index contributed by atoms with van der Waals surface area (Å²) in [6, 6.07) is 164. The predicted octanol–water partition coefficient (Wildman–Crippen LogP) is 31.2. The van der Waals surface area contributed by atoms with Gasteiger partial charge in [-0.2, -0.15) is 0 Å². The van der Waals surface area contributed by atoms with E-state index >= 15 is 0 Å². The number of pyridine rings is 3. The first-order chi connectivity index (χ1) is 65.4. The standard InChI is InChI=1S/C45H29N3.C40H25N5.C37H22N2/c1-3-9-30(10-4-1)34-18-24-42-38(28-34)39-29-35(31-11-5-2-6-12-31)19-25-43(39)47(42)37-21-15-32(16-22-37)33-17-23-41-36(27-33)20-26-45-46-40-13-7-8-14-44(40)48(41)45;1-3-11-26(12-4-1)38-42-39(27-13-5-2-6-14-27)44-40(43-38)33-22-21-30(31-15-7-8-16-32(31)33)28-19-23-35-29(25-28)20-24-37-41-34-17-9-10-18-36(34)45(35)37;1-2-7-29-28(6-1)31-9-5-8-30-27(18-19-32(29)37(30)31)24-14-12-23(13-15-24)25-16-20-34-26(22-25)17-21-36-38-33-10-3-4-11-35(33)39(34)36/h1-29H;1-25H;1-22H. The fraction of sp³-hybridized carbons (Fsp3) is 0. The molecule has 8 aromatic heterocycles. The van der Waals surface area contributed by atoms with E-state index in [-0.39, 0.29) is 0 Å². The molecule has 0 fully saturated rings. The maximum absolute atomic E-state index is 5.01. The maximum atomic E-state index is 5.01. The Hall–Kier alpha value is -17.9. The van der Waals surface area contributed by atoms with Crippen LogP contribution in [0.4, 0.5) is 0 Å². The number of hydrogen-bond acceptors (Lipinski definition) is 6. The SMILES string of the molecule is c1ccc(-c2ccc3c(c2)c2cc(-c4ccccc4)ccc2n3-c2ccc(-c3ccc4c(ccc5nc6ccccc6n54)c3)cc2)cc1.c1ccc(-c2nc(-c3ccccc3)nc(-c3ccc(-c4ccc5c(ccc6nc7ccccc7n65)c4)c4ccccc34)n2)cc1.c1ccc2c(c1)-c1cccc3c(-c4ccc(-c5ccc6c(ccc7nc8ccccc8n76)c5)cc4)ccc-2c13. The fourth-order valence-electron chi connectivity index (χ4n) is 20.2. The lowest BCUT2D eigenvalue weighted by Crippen LogP contribution is -2.00. The van der Waals surface area contributed by atoms with Gasteiger partial charge < -0.3 is 4.57 Å². The Morgan fingerprint density at radius 2 is 0.470 bits per heavy atom. The molecule has 28 rings (SSSR count). The summed E-state index contributed by atoms with van der Waals surface area (Å²) < 4.78 is 9.15. The van der Waals surface area contributed by atoms with E-state index in [9.17, 15) is 0 Å². The molecule has 0 saturated carbocycles. The van der Waals surface area contributed by atoms with Gasteiger partial charge in [0, 0.05) is 33.2 Å². The maximum Gasteiger partial charge on any atom is 0.164 e. The van der Waals surface area contributed by atoms with Crippen molar-refractivity contribution in [1.29, 1.82) is 0 Å². The molecular weight excluding hydrogens is 1610 g/mol. The summed E-state index contributed by atoms with van der Waals surface area (Å²) in [5.41, 5.74) is 39.1. The second-order valence-electron chi connectivity index (χ2n) is 34.0. The first kappa shape index (κ1) is 75.5. The van der Waals surface area contributed by atoms with E-state index in [1.165, 1.54) is 127 Å². The number of nitrogens with zero attached hydrogens (tertiary/aromatic N) is 10. The summed E-state index contributed by atoms with van der Waals surface area (Å²) >= 11 is 0. The Morgan fingerprint density at radius 3 is 0.947 bits per heavy atom. The van der Waals surface area contributed by atoms with Crippen molar-refractivity contribution in [1.82, 2.24) is 47.7 Å². The Morgan fingerprint density at radius 1 is 0.152 bits per heavy atom. The van der Waals surface area contributed by atoms with Crippen LogP contribution >= 0.6 is 0 Å².